The van der Waals surface area contributed by atoms with Crippen molar-refractivity contribution < 1.29 is 23.8 Å². The van der Waals surface area contributed by atoms with Crippen LogP contribution in [0.1, 0.15) is 12.8 Å². The van der Waals surface area contributed by atoms with E-state index in [9.17, 15) is 9.59 Å². The number of aromatic nitrogens is 1. The Hall–Kier alpha value is -3.13. The number of para-hydroxylation sites is 1. The van der Waals surface area contributed by atoms with E-state index >= 15 is 0 Å². The molecule has 3 rings (SSSR count). The molecule has 0 N–H and O–H groups in total. The van der Waals surface area contributed by atoms with Crippen LogP contribution >= 0.6 is 11.3 Å². The number of hydrogen-bond acceptors (Lipinski definition) is 6. The number of benzene rings is 2. The summed E-state index contributed by atoms with van der Waals surface area (Å²) in [6.45, 7) is 0.597. The molecule has 0 bridgehead atoms. The van der Waals surface area contributed by atoms with Crippen LogP contribution in [0.4, 0.5) is 0 Å². The van der Waals surface area contributed by atoms with E-state index in [-0.39, 0.29) is 31.3 Å². The fourth-order valence-corrected chi connectivity index (χ4v) is 3.77. The molecule has 0 aliphatic heterocycles. The number of fused-ring (bicyclic) bond motifs is 1. The van der Waals surface area contributed by atoms with Gasteiger partial charge in [0.2, 0.25) is 0 Å². The van der Waals surface area contributed by atoms with Crippen LogP contribution in [0.5, 0.6) is 11.5 Å². The number of carbonyl (C=O) groups excluding carboxylic acids is 2. The largest absolute Gasteiger partial charge is 0.497 e. The zero-order valence-corrected chi connectivity index (χ0v) is 17.1. The summed E-state index contributed by atoms with van der Waals surface area (Å²) in [5.74, 6) is 0.790. The highest BCUT2D eigenvalue weighted by Crippen LogP contribution is 2.23. The van der Waals surface area contributed by atoms with E-state index < -0.39 is 0 Å². The van der Waals surface area contributed by atoms with Gasteiger partial charge in [0.1, 0.15) is 11.5 Å². The predicted molar refractivity (Wildman–Crippen MR) is 110 cm³/mol. The van der Waals surface area contributed by atoms with E-state index in [4.69, 9.17) is 14.2 Å². The van der Waals surface area contributed by atoms with Gasteiger partial charge in [0.15, 0.2) is 4.80 Å². The molecule has 29 heavy (non-hydrogen) atoms. The van der Waals surface area contributed by atoms with Crippen molar-refractivity contribution in [3.63, 3.8) is 0 Å². The first-order valence-corrected chi connectivity index (χ1v) is 9.92. The second-order valence-corrected chi connectivity index (χ2v) is 7.12. The van der Waals surface area contributed by atoms with Gasteiger partial charge in [-0.25, -0.2) is 0 Å². The highest BCUT2D eigenvalue weighted by molar-refractivity contribution is 7.16. The highest BCUT2D eigenvalue weighted by atomic mass is 32.1. The molecule has 0 fully saturated rings. The first-order valence-electron chi connectivity index (χ1n) is 9.10. The average Bonchev–Trinajstić information content (AvgIpc) is 3.08. The standard InChI is InChI=1S/C21H22N2O5S/c1-26-16-8-9-18-17(14-16)23(12-10-20(25)27-2)21(29-18)22-19(24)11-13-28-15-6-4-3-5-7-15/h3-9,14H,10-13H2,1-2H3. The summed E-state index contributed by atoms with van der Waals surface area (Å²) in [6, 6.07) is 14.9. The SMILES string of the molecule is COC(=O)CCn1c(=NC(=O)CCOc2ccccc2)sc2ccc(OC)cc21. The number of hydrogen-bond donors (Lipinski definition) is 0. The molecule has 0 unspecified atom stereocenters. The van der Waals surface area contributed by atoms with Crippen molar-refractivity contribution in [3.8, 4) is 11.5 Å². The van der Waals surface area contributed by atoms with Crippen LogP contribution < -0.4 is 14.3 Å². The minimum atomic E-state index is -0.326. The Balaban J connectivity index is 1.81. The van der Waals surface area contributed by atoms with Gasteiger partial charge in [-0.1, -0.05) is 29.5 Å². The number of ether oxygens (including phenoxy) is 3. The molecule has 0 atom stereocenters. The van der Waals surface area contributed by atoms with Crippen molar-refractivity contribution >= 4 is 33.4 Å². The predicted octanol–water partition coefficient (Wildman–Crippen LogP) is 3.17. The summed E-state index contributed by atoms with van der Waals surface area (Å²) >= 11 is 1.39. The zero-order valence-electron chi connectivity index (χ0n) is 16.3. The molecule has 1 aromatic heterocycles. The second-order valence-electron chi connectivity index (χ2n) is 6.11. The molecule has 0 saturated heterocycles. The van der Waals surface area contributed by atoms with Crippen molar-refractivity contribution in [2.45, 2.75) is 19.4 Å². The van der Waals surface area contributed by atoms with Crippen LogP contribution in [0.25, 0.3) is 10.2 Å². The van der Waals surface area contributed by atoms with Gasteiger partial charge in [-0.15, -0.1) is 0 Å². The van der Waals surface area contributed by atoms with Gasteiger partial charge < -0.3 is 18.8 Å². The van der Waals surface area contributed by atoms with E-state index in [1.807, 2.05) is 53.1 Å². The van der Waals surface area contributed by atoms with Crippen LogP contribution in [-0.2, 0) is 20.9 Å². The summed E-state index contributed by atoms with van der Waals surface area (Å²) in [7, 11) is 2.94. The lowest BCUT2D eigenvalue weighted by Crippen LogP contribution is -2.19. The van der Waals surface area contributed by atoms with Crippen LogP contribution in [0.15, 0.2) is 53.5 Å². The lowest BCUT2D eigenvalue weighted by atomic mass is 10.3. The third-order valence-corrected chi connectivity index (χ3v) is 5.26. The molecule has 0 spiro atoms. The molecule has 2 aromatic carbocycles. The van der Waals surface area contributed by atoms with Crippen LogP contribution in [0, 0.1) is 0 Å². The number of amides is 1. The maximum Gasteiger partial charge on any atom is 0.307 e. The Bertz CT molecular complexity index is 1060. The topological polar surface area (TPSA) is 79.1 Å². The molecular formula is C21H22N2O5S. The summed E-state index contributed by atoms with van der Waals surface area (Å²) in [6.07, 6.45) is 0.335. The van der Waals surface area contributed by atoms with Crippen molar-refractivity contribution in [2.75, 3.05) is 20.8 Å². The van der Waals surface area contributed by atoms with Gasteiger partial charge in [0.25, 0.3) is 5.91 Å². The van der Waals surface area contributed by atoms with Gasteiger partial charge in [0.05, 0.1) is 43.9 Å². The Morgan fingerprint density at radius 2 is 1.83 bits per heavy atom. The van der Waals surface area contributed by atoms with Gasteiger partial charge in [-0.2, -0.15) is 4.99 Å². The second kappa shape index (κ2) is 9.88. The van der Waals surface area contributed by atoms with Crippen LogP contribution in [0.3, 0.4) is 0 Å². The average molecular weight is 414 g/mol. The highest BCUT2D eigenvalue weighted by Gasteiger charge is 2.11. The first kappa shape index (κ1) is 20.6. The monoisotopic (exact) mass is 414 g/mol. The van der Waals surface area contributed by atoms with E-state index in [1.165, 1.54) is 18.4 Å². The third-order valence-electron chi connectivity index (χ3n) is 4.20. The third kappa shape index (κ3) is 5.45. The van der Waals surface area contributed by atoms with Gasteiger partial charge >= 0.3 is 5.97 Å². The van der Waals surface area contributed by atoms with Crippen molar-refractivity contribution in [1.82, 2.24) is 4.57 Å². The summed E-state index contributed by atoms with van der Waals surface area (Å²) in [5.41, 5.74) is 0.852. The van der Waals surface area contributed by atoms with Crippen LogP contribution in [0.2, 0.25) is 0 Å². The van der Waals surface area contributed by atoms with Crippen LogP contribution in [-0.4, -0.2) is 37.3 Å². The number of aryl methyl sites for hydroxylation is 1. The minimum Gasteiger partial charge on any atom is -0.497 e. The fourth-order valence-electron chi connectivity index (χ4n) is 2.72. The maximum absolute atomic E-state index is 12.4. The minimum absolute atomic E-state index is 0.156. The first-order chi connectivity index (χ1) is 14.1. The quantitative estimate of drug-likeness (QED) is 0.529. The molecule has 1 amide bonds. The van der Waals surface area contributed by atoms with Gasteiger partial charge in [0, 0.05) is 12.6 Å². The van der Waals surface area contributed by atoms with Crippen molar-refractivity contribution in [1.29, 1.82) is 0 Å². The number of nitrogens with zero attached hydrogens (tertiary/aromatic N) is 2. The summed E-state index contributed by atoms with van der Waals surface area (Å²) < 4.78 is 18.4. The lowest BCUT2D eigenvalue weighted by Gasteiger charge is -2.06. The normalized spacial score (nSPS) is 11.4. The number of thiazole rings is 1. The Labute approximate surface area is 172 Å². The molecule has 3 aromatic rings. The number of esters is 1. The maximum atomic E-state index is 12.4. The Morgan fingerprint density at radius 1 is 1.03 bits per heavy atom. The van der Waals surface area contributed by atoms with Crippen molar-refractivity contribution in [3.05, 3.63) is 53.3 Å². The van der Waals surface area contributed by atoms with E-state index in [0.717, 1.165) is 10.2 Å². The number of rotatable bonds is 8. The molecule has 8 heteroatoms. The number of carbonyl (C=O) groups is 2. The molecule has 0 radical (unpaired) electrons. The lowest BCUT2D eigenvalue weighted by molar-refractivity contribution is -0.140. The molecule has 0 saturated carbocycles. The molecular weight excluding hydrogens is 392 g/mol. The molecule has 0 aliphatic carbocycles. The van der Waals surface area contributed by atoms with Crippen molar-refractivity contribution in [2.24, 2.45) is 4.99 Å². The zero-order chi connectivity index (χ0) is 20.6. The van der Waals surface area contributed by atoms with E-state index in [2.05, 4.69) is 4.99 Å². The van der Waals surface area contributed by atoms with E-state index in [0.29, 0.717) is 22.8 Å². The molecule has 0 aliphatic rings. The smallest absolute Gasteiger partial charge is 0.307 e. The summed E-state index contributed by atoms with van der Waals surface area (Å²) in [5, 5.41) is 0. The number of methoxy groups -OCH3 is 2. The molecule has 7 nitrogen and oxygen atoms in total. The Morgan fingerprint density at radius 3 is 2.55 bits per heavy atom. The van der Waals surface area contributed by atoms with E-state index in [1.54, 1.807) is 7.11 Å². The molecule has 152 valence electrons. The fraction of sp³-hybridized carbons (Fsp3) is 0.286. The molecule has 1 heterocycles. The summed E-state index contributed by atoms with van der Waals surface area (Å²) in [4.78, 5) is 28.8. The van der Waals surface area contributed by atoms with Gasteiger partial charge in [-0.3, -0.25) is 9.59 Å². The Kier molecular flexibility index (Phi) is 7.02. The van der Waals surface area contributed by atoms with Gasteiger partial charge in [-0.05, 0) is 24.3 Å².